The molecule has 8 atom stereocenters. The number of hydrogen-bond acceptors (Lipinski definition) is 1. The topological polar surface area (TPSA) is 12.5 Å². The van der Waals surface area contributed by atoms with E-state index in [0.717, 1.165) is 11.8 Å². The fourth-order valence-electron chi connectivity index (χ4n) is 5.15. The lowest BCUT2D eigenvalue weighted by Crippen LogP contribution is -2.09. The Morgan fingerprint density at radius 2 is 1.65 bits per heavy atom. The van der Waals surface area contributed by atoms with Gasteiger partial charge in [0.05, 0.1) is 12.2 Å². The molecule has 0 N–H and O–H groups in total. The van der Waals surface area contributed by atoms with Crippen molar-refractivity contribution < 1.29 is 4.74 Å². The molecule has 4 aliphatic carbocycles. The maximum absolute atomic E-state index is 5.35. The fraction of sp³-hybridized carbons (Fsp3) is 1.00. The number of ether oxygens (including phenoxy) is 1. The van der Waals surface area contributed by atoms with Gasteiger partial charge in [0.1, 0.15) is 0 Å². The number of fused-ring (bicyclic) bond motifs is 6. The molecule has 0 amide bonds. The molecule has 0 aromatic carbocycles. The van der Waals surface area contributed by atoms with Gasteiger partial charge < -0.3 is 4.74 Å². The maximum atomic E-state index is 5.35. The van der Waals surface area contributed by atoms with E-state index in [1.165, 1.54) is 42.9 Å². The highest BCUT2D eigenvalue weighted by Crippen LogP contribution is 2.67. The maximum Gasteiger partial charge on any atom is 0.0844 e. The molecule has 5 fully saturated rings. The molecular formula is C16H26O. The summed E-state index contributed by atoms with van der Waals surface area (Å²) in [7, 11) is 0. The summed E-state index contributed by atoms with van der Waals surface area (Å²) in [6.45, 7) is 4.77. The van der Waals surface area contributed by atoms with Gasteiger partial charge in [-0.15, -0.1) is 0 Å². The van der Waals surface area contributed by atoms with Crippen molar-refractivity contribution in [2.24, 2.45) is 35.5 Å². The quantitative estimate of drug-likeness (QED) is 0.580. The first-order valence-corrected chi connectivity index (χ1v) is 7.88. The van der Waals surface area contributed by atoms with E-state index in [1.807, 2.05) is 0 Å². The summed E-state index contributed by atoms with van der Waals surface area (Å²) in [6, 6.07) is 0. The Morgan fingerprint density at radius 1 is 0.765 bits per heavy atom. The molecule has 1 heterocycles. The molecule has 1 aliphatic heterocycles. The number of rotatable bonds is 0. The van der Waals surface area contributed by atoms with Crippen LogP contribution in [0.15, 0.2) is 0 Å². The van der Waals surface area contributed by atoms with Crippen LogP contribution < -0.4 is 0 Å². The lowest BCUT2D eigenvalue weighted by Gasteiger charge is -2.15. The van der Waals surface area contributed by atoms with Gasteiger partial charge in [-0.1, -0.05) is 13.8 Å². The lowest BCUT2D eigenvalue weighted by atomic mass is 9.90. The molecule has 1 saturated heterocycles. The third-order valence-corrected chi connectivity index (χ3v) is 6.29. The van der Waals surface area contributed by atoms with Gasteiger partial charge in [0, 0.05) is 0 Å². The molecule has 0 aromatic rings. The molecule has 2 bridgehead atoms. The van der Waals surface area contributed by atoms with Crippen LogP contribution in [0.3, 0.4) is 0 Å². The zero-order chi connectivity index (χ0) is 11.6. The van der Waals surface area contributed by atoms with Crippen LogP contribution >= 0.6 is 0 Å². The fourth-order valence-corrected chi connectivity index (χ4v) is 5.15. The molecular weight excluding hydrogens is 208 g/mol. The lowest BCUT2D eigenvalue weighted by molar-refractivity contribution is 0.341. The molecule has 0 aromatic heterocycles. The Balaban J connectivity index is 0.0000000950. The second-order valence-electron chi connectivity index (χ2n) is 7.57. The van der Waals surface area contributed by atoms with Crippen LogP contribution in [-0.4, -0.2) is 12.2 Å². The Bertz CT molecular complexity index is 309. The Kier molecular flexibility index (Phi) is 2.38. The summed E-state index contributed by atoms with van der Waals surface area (Å²) in [6.07, 6.45) is 10.2. The van der Waals surface area contributed by atoms with Crippen molar-refractivity contribution in [3.8, 4) is 0 Å². The first kappa shape index (κ1) is 10.8. The van der Waals surface area contributed by atoms with Gasteiger partial charge in [0.2, 0.25) is 0 Å². The summed E-state index contributed by atoms with van der Waals surface area (Å²) in [5.41, 5.74) is 0. The van der Waals surface area contributed by atoms with Gasteiger partial charge in [-0.3, -0.25) is 0 Å². The van der Waals surface area contributed by atoms with Crippen LogP contribution in [0, 0.1) is 35.5 Å². The predicted molar refractivity (Wildman–Crippen MR) is 68.7 cm³/mol. The average molecular weight is 234 g/mol. The van der Waals surface area contributed by atoms with E-state index in [4.69, 9.17) is 4.74 Å². The van der Waals surface area contributed by atoms with Gasteiger partial charge in [-0.25, -0.2) is 0 Å². The molecule has 0 radical (unpaired) electrons. The second kappa shape index (κ2) is 3.73. The van der Waals surface area contributed by atoms with Gasteiger partial charge in [-0.2, -0.15) is 0 Å². The third kappa shape index (κ3) is 1.85. The Morgan fingerprint density at radius 3 is 2.24 bits per heavy atom. The van der Waals surface area contributed by atoms with Crippen molar-refractivity contribution in [3.63, 3.8) is 0 Å². The van der Waals surface area contributed by atoms with E-state index in [-0.39, 0.29) is 0 Å². The normalized spacial score (nSPS) is 61.1. The van der Waals surface area contributed by atoms with Crippen LogP contribution in [0.5, 0.6) is 0 Å². The monoisotopic (exact) mass is 234 g/mol. The molecule has 96 valence electrons. The van der Waals surface area contributed by atoms with Crippen molar-refractivity contribution in [1.82, 2.24) is 0 Å². The highest BCUT2D eigenvalue weighted by Gasteiger charge is 2.59. The van der Waals surface area contributed by atoms with Gasteiger partial charge in [-0.05, 0) is 74.0 Å². The zero-order valence-corrected chi connectivity index (χ0v) is 11.3. The van der Waals surface area contributed by atoms with Gasteiger partial charge in [0.15, 0.2) is 0 Å². The van der Waals surface area contributed by atoms with E-state index >= 15 is 0 Å². The molecule has 1 heteroatoms. The van der Waals surface area contributed by atoms with Gasteiger partial charge in [0.25, 0.3) is 0 Å². The van der Waals surface area contributed by atoms with Crippen molar-refractivity contribution in [3.05, 3.63) is 0 Å². The summed E-state index contributed by atoms with van der Waals surface area (Å²) < 4.78 is 5.35. The van der Waals surface area contributed by atoms with E-state index in [0.29, 0.717) is 12.2 Å². The third-order valence-electron chi connectivity index (χ3n) is 6.29. The smallest absolute Gasteiger partial charge is 0.0844 e. The average Bonchev–Trinajstić information content (AvgIpc) is 3.18. The summed E-state index contributed by atoms with van der Waals surface area (Å²) >= 11 is 0. The van der Waals surface area contributed by atoms with Gasteiger partial charge >= 0.3 is 0 Å². The molecule has 8 unspecified atom stereocenters. The van der Waals surface area contributed by atoms with E-state index in [9.17, 15) is 0 Å². The predicted octanol–water partition coefficient (Wildman–Crippen LogP) is 3.87. The first-order chi connectivity index (χ1) is 8.22. The molecule has 4 saturated carbocycles. The zero-order valence-electron chi connectivity index (χ0n) is 11.3. The summed E-state index contributed by atoms with van der Waals surface area (Å²) in [4.78, 5) is 0. The minimum atomic E-state index is 0.679. The van der Waals surface area contributed by atoms with Crippen LogP contribution in [0.4, 0.5) is 0 Å². The van der Waals surface area contributed by atoms with E-state index in [2.05, 4.69) is 13.8 Å². The molecule has 1 nitrogen and oxygen atoms in total. The van der Waals surface area contributed by atoms with Crippen molar-refractivity contribution in [2.75, 3.05) is 0 Å². The minimum Gasteiger partial charge on any atom is -0.370 e. The summed E-state index contributed by atoms with van der Waals surface area (Å²) in [5, 5.41) is 0. The van der Waals surface area contributed by atoms with E-state index in [1.54, 1.807) is 19.3 Å². The minimum absolute atomic E-state index is 0.679. The van der Waals surface area contributed by atoms with Crippen LogP contribution in [-0.2, 0) is 4.74 Å². The number of hydrogen-bond donors (Lipinski definition) is 0. The molecule has 5 rings (SSSR count). The van der Waals surface area contributed by atoms with Crippen molar-refractivity contribution >= 4 is 0 Å². The van der Waals surface area contributed by atoms with Crippen molar-refractivity contribution in [1.29, 1.82) is 0 Å². The van der Waals surface area contributed by atoms with Crippen LogP contribution in [0.1, 0.15) is 52.4 Å². The highest BCUT2D eigenvalue weighted by atomic mass is 16.6. The largest absolute Gasteiger partial charge is 0.370 e. The molecule has 17 heavy (non-hydrogen) atoms. The second-order valence-corrected chi connectivity index (χ2v) is 7.57. The molecule has 0 spiro atoms. The van der Waals surface area contributed by atoms with Crippen molar-refractivity contribution in [2.45, 2.75) is 64.6 Å². The number of epoxide rings is 1. The summed E-state index contributed by atoms with van der Waals surface area (Å²) in [5.74, 6) is 6.84. The van der Waals surface area contributed by atoms with E-state index < -0.39 is 0 Å². The van der Waals surface area contributed by atoms with Crippen LogP contribution in [0.25, 0.3) is 0 Å². The Hall–Kier alpha value is -0.0400. The Labute approximate surface area is 105 Å². The highest BCUT2D eigenvalue weighted by molar-refractivity contribution is 5.08. The SMILES string of the molecule is CC1CC2CC1C1CC21.CC1CCC2OC2C1. The van der Waals surface area contributed by atoms with Crippen LogP contribution in [0.2, 0.25) is 0 Å². The first-order valence-electron chi connectivity index (χ1n) is 7.88. The standard InChI is InChI=1S/C9H14.C7H12O/c1-5-2-6-3-7(5)9-4-8(6)9;1-5-2-3-6-7(4-5)8-6/h5-9H,2-4H2,1H3;5-7H,2-4H2,1H3. The molecule has 5 aliphatic rings.